The van der Waals surface area contributed by atoms with Crippen molar-refractivity contribution in [2.24, 2.45) is 0 Å². The predicted molar refractivity (Wildman–Crippen MR) is 107 cm³/mol. The highest BCUT2D eigenvalue weighted by Gasteiger charge is 2.33. The zero-order valence-corrected chi connectivity index (χ0v) is 15.7. The molecule has 140 valence electrons. The highest BCUT2D eigenvalue weighted by atomic mass is 16.2. The van der Waals surface area contributed by atoms with Gasteiger partial charge in [0.1, 0.15) is 6.67 Å². The number of fused-ring (bicyclic) bond motifs is 1. The Balaban J connectivity index is 1.63. The number of rotatable bonds is 3. The summed E-state index contributed by atoms with van der Waals surface area (Å²) in [6.45, 7) is 4.63. The van der Waals surface area contributed by atoms with Crippen LogP contribution in [0.15, 0.2) is 48.5 Å². The van der Waals surface area contributed by atoms with Crippen LogP contribution in [0.25, 0.3) is 0 Å². The van der Waals surface area contributed by atoms with Gasteiger partial charge in [-0.05, 0) is 57.1 Å². The maximum atomic E-state index is 13.1. The predicted octanol–water partition coefficient (Wildman–Crippen LogP) is 3.43. The van der Waals surface area contributed by atoms with Gasteiger partial charge in [0, 0.05) is 5.69 Å². The van der Waals surface area contributed by atoms with Crippen molar-refractivity contribution in [3.8, 4) is 0 Å². The van der Waals surface area contributed by atoms with Gasteiger partial charge in [0.2, 0.25) is 5.91 Å². The third-order valence-electron chi connectivity index (χ3n) is 5.41. The third kappa shape index (κ3) is 3.60. The largest absolute Gasteiger partial charge is 0.294 e. The average Bonchev–Trinajstić information content (AvgIpc) is 2.70. The van der Waals surface area contributed by atoms with Crippen LogP contribution >= 0.6 is 0 Å². The standard InChI is InChI=1S/C22H25N3O2/c1-17-9-11-18(12-10-17)24-16-25(20-8-4-3-7-19(20)22(24)27)21(26)15-23-13-5-2-6-14-23/h3-4,7-12H,2,5-6,13-16H2,1H3. The van der Waals surface area contributed by atoms with Gasteiger partial charge in [-0.15, -0.1) is 0 Å². The number of benzene rings is 2. The first-order valence-corrected chi connectivity index (χ1v) is 9.64. The molecule has 4 rings (SSSR count). The minimum absolute atomic E-state index is 0.0500. The van der Waals surface area contributed by atoms with E-state index in [2.05, 4.69) is 4.90 Å². The normalized spacial score (nSPS) is 17.7. The Morgan fingerprint density at radius 3 is 2.41 bits per heavy atom. The van der Waals surface area contributed by atoms with Crippen molar-refractivity contribution in [2.75, 3.05) is 36.1 Å². The number of amides is 2. The maximum absolute atomic E-state index is 13.1. The third-order valence-corrected chi connectivity index (χ3v) is 5.41. The first-order valence-electron chi connectivity index (χ1n) is 9.64. The lowest BCUT2D eigenvalue weighted by Crippen LogP contribution is -2.52. The molecule has 2 amide bonds. The van der Waals surface area contributed by atoms with Gasteiger partial charge >= 0.3 is 0 Å². The number of hydrogen-bond acceptors (Lipinski definition) is 3. The van der Waals surface area contributed by atoms with Gasteiger partial charge in [-0.3, -0.25) is 24.3 Å². The molecule has 0 N–H and O–H groups in total. The second kappa shape index (κ2) is 7.53. The van der Waals surface area contributed by atoms with Gasteiger partial charge < -0.3 is 0 Å². The van der Waals surface area contributed by atoms with Gasteiger partial charge in [-0.2, -0.15) is 0 Å². The minimum Gasteiger partial charge on any atom is -0.294 e. The molecule has 5 heteroatoms. The molecule has 1 fully saturated rings. The summed E-state index contributed by atoms with van der Waals surface area (Å²) in [5.41, 5.74) is 3.25. The molecule has 0 saturated carbocycles. The monoisotopic (exact) mass is 363 g/mol. The molecule has 0 bridgehead atoms. The van der Waals surface area contributed by atoms with E-state index in [4.69, 9.17) is 0 Å². The van der Waals surface area contributed by atoms with Crippen molar-refractivity contribution in [3.05, 3.63) is 59.7 Å². The lowest BCUT2D eigenvalue weighted by atomic mass is 10.1. The van der Waals surface area contributed by atoms with Crippen molar-refractivity contribution in [2.45, 2.75) is 26.2 Å². The highest BCUT2D eigenvalue weighted by Crippen LogP contribution is 2.30. The SMILES string of the molecule is Cc1ccc(N2CN(C(=O)CN3CCCCC3)c3ccccc3C2=O)cc1. The van der Waals surface area contributed by atoms with E-state index in [-0.39, 0.29) is 18.5 Å². The molecule has 0 aromatic heterocycles. The molecule has 2 aliphatic rings. The quantitative estimate of drug-likeness (QED) is 0.839. The van der Waals surface area contributed by atoms with E-state index in [1.54, 1.807) is 15.9 Å². The van der Waals surface area contributed by atoms with E-state index in [0.717, 1.165) is 37.2 Å². The Hall–Kier alpha value is -2.66. The van der Waals surface area contributed by atoms with Crippen molar-refractivity contribution in [1.29, 1.82) is 0 Å². The molecule has 27 heavy (non-hydrogen) atoms. The van der Waals surface area contributed by atoms with E-state index in [1.165, 1.54) is 6.42 Å². The average molecular weight is 363 g/mol. The van der Waals surface area contributed by atoms with Crippen LogP contribution < -0.4 is 9.80 Å². The second-order valence-corrected chi connectivity index (χ2v) is 7.39. The fraction of sp³-hybridized carbons (Fsp3) is 0.364. The van der Waals surface area contributed by atoms with E-state index in [1.807, 2.05) is 49.4 Å². The first kappa shape index (κ1) is 17.7. The number of likely N-dealkylation sites (tertiary alicyclic amines) is 1. The van der Waals surface area contributed by atoms with E-state index in [9.17, 15) is 9.59 Å². The van der Waals surface area contributed by atoms with Crippen molar-refractivity contribution in [1.82, 2.24) is 4.90 Å². The Morgan fingerprint density at radius 1 is 0.963 bits per heavy atom. The van der Waals surface area contributed by atoms with Crippen LogP contribution in [0.4, 0.5) is 11.4 Å². The number of para-hydroxylation sites is 1. The summed E-state index contributed by atoms with van der Waals surface area (Å²) in [4.78, 5) is 31.8. The number of hydrogen-bond donors (Lipinski definition) is 0. The zero-order valence-electron chi connectivity index (χ0n) is 15.7. The summed E-state index contributed by atoms with van der Waals surface area (Å²) in [7, 11) is 0. The smallest absolute Gasteiger partial charge is 0.261 e. The molecule has 2 aromatic rings. The Bertz CT molecular complexity index is 841. The lowest BCUT2D eigenvalue weighted by Gasteiger charge is -2.38. The highest BCUT2D eigenvalue weighted by molar-refractivity contribution is 6.15. The van der Waals surface area contributed by atoms with Crippen LogP contribution in [0.3, 0.4) is 0 Å². The molecule has 0 spiro atoms. The number of aryl methyl sites for hydroxylation is 1. The molecule has 0 atom stereocenters. The molecule has 0 radical (unpaired) electrons. The number of carbonyl (C=O) groups excluding carboxylic acids is 2. The fourth-order valence-corrected chi connectivity index (χ4v) is 3.85. The lowest BCUT2D eigenvalue weighted by molar-refractivity contribution is -0.120. The Labute approximate surface area is 160 Å². The summed E-state index contributed by atoms with van der Waals surface area (Å²) in [6, 6.07) is 15.3. The summed E-state index contributed by atoms with van der Waals surface area (Å²) in [6.07, 6.45) is 3.54. The van der Waals surface area contributed by atoms with Crippen LogP contribution in [0.1, 0.15) is 35.2 Å². The van der Waals surface area contributed by atoms with Crippen LogP contribution in [0.5, 0.6) is 0 Å². The topological polar surface area (TPSA) is 43.9 Å². The van der Waals surface area contributed by atoms with Crippen LogP contribution in [-0.4, -0.2) is 43.0 Å². The van der Waals surface area contributed by atoms with Gasteiger partial charge in [-0.25, -0.2) is 0 Å². The molecular weight excluding hydrogens is 338 g/mol. The minimum atomic E-state index is -0.0588. The van der Waals surface area contributed by atoms with Crippen molar-refractivity contribution >= 4 is 23.2 Å². The Morgan fingerprint density at radius 2 is 1.67 bits per heavy atom. The van der Waals surface area contributed by atoms with Gasteiger partial charge in [-0.1, -0.05) is 36.2 Å². The number of anilines is 2. The van der Waals surface area contributed by atoms with Crippen LogP contribution in [0, 0.1) is 6.92 Å². The zero-order chi connectivity index (χ0) is 18.8. The van der Waals surface area contributed by atoms with E-state index in [0.29, 0.717) is 17.8 Å². The molecule has 2 aliphatic heterocycles. The number of nitrogens with zero attached hydrogens (tertiary/aromatic N) is 3. The molecule has 0 aliphatic carbocycles. The Kier molecular flexibility index (Phi) is 4.94. The summed E-state index contributed by atoms with van der Waals surface area (Å²) >= 11 is 0. The van der Waals surface area contributed by atoms with Gasteiger partial charge in [0.05, 0.1) is 17.8 Å². The van der Waals surface area contributed by atoms with Gasteiger partial charge in [0.25, 0.3) is 5.91 Å². The number of piperidine rings is 1. The molecule has 1 saturated heterocycles. The van der Waals surface area contributed by atoms with Gasteiger partial charge in [0.15, 0.2) is 0 Å². The van der Waals surface area contributed by atoms with Crippen LogP contribution in [0.2, 0.25) is 0 Å². The molecule has 2 aromatic carbocycles. The van der Waals surface area contributed by atoms with Crippen LogP contribution in [-0.2, 0) is 4.79 Å². The van der Waals surface area contributed by atoms with Crippen molar-refractivity contribution in [3.63, 3.8) is 0 Å². The van der Waals surface area contributed by atoms with Crippen molar-refractivity contribution < 1.29 is 9.59 Å². The second-order valence-electron chi connectivity index (χ2n) is 7.39. The molecule has 0 unspecified atom stereocenters. The molecule has 2 heterocycles. The summed E-state index contributed by atoms with van der Waals surface area (Å²) in [5, 5.41) is 0. The van der Waals surface area contributed by atoms with E-state index >= 15 is 0 Å². The number of carbonyl (C=O) groups is 2. The first-order chi connectivity index (χ1) is 13.1. The molecular formula is C22H25N3O2. The fourth-order valence-electron chi connectivity index (χ4n) is 3.85. The van der Waals surface area contributed by atoms with E-state index < -0.39 is 0 Å². The summed E-state index contributed by atoms with van der Waals surface area (Å²) < 4.78 is 0. The summed E-state index contributed by atoms with van der Waals surface area (Å²) in [5.74, 6) is -0.00885. The maximum Gasteiger partial charge on any atom is 0.261 e. The molecule has 5 nitrogen and oxygen atoms in total.